The highest BCUT2D eigenvalue weighted by Gasteiger charge is 2.46. The molecule has 0 bridgehead atoms. The molecule has 11 rings (SSSR count). The molecular weight excluding hydrogens is 613 g/mol. The summed E-state index contributed by atoms with van der Waals surface area (Å²) in [4.78, 5) is 0. The molecule has 0 aromatic heterocycles. The first-order chi connectivity index (χ1) is 25.3. The van der Waals surface area contributed by atoms with Gasteiger partial charge in [0.2, 0.25) is 0 Å². The zero-order valence-corrected chi connectivity index (χ0v) is 28.0. The molecule has 0 aliphatic heterocycles. The Balaban J connectivity index is 1.22. The Labute approximate surface area is 297 Å². The molecule has 0 saturated carbocycles. The standard InChI is InChI=1S/C51H32/c1-4-12-33(13-5-1)43-21-11-16-37-30-46-44-27-26-36(40-28-38-24-22-34-14-10-15-35-23-25-39(29-40)50(38)49(34)35)31-47(44)51(48(46)32-45(37)43,41-17-6-2-7-18-41)42-19-8-3-9-20-42/h1-32H. The summed E-state index contributed by atoms with van der Waals surface area (Å²) in [5, 5.41) is 10.4. The van der Waals surface area contributed by atoms with Crippen molar-refractivity contribution in [3.05, 3.63) is 216 Å². The summed E-state index contributed by atoms with van der Waals surface area (Å²) in [7, 11) is 0. The van der Waals surface area contributed by atoms with Gasteiger partial charge in [-0.1, -0.05) is 164 Å². The smallest absolute Gasteiger partial charge is 0.0622 e. The number of rotatable bonds is 4. The van der Waals surface area contributed by atoms with Gasteiger partial charge in [0.05, 0.1) is 5.41 Å². The maximum atomic E-state index is 2.50. The highest BCUT2D eigenvalue weighted by Crippen LogP contribution is 2.58. The predicted octanol–water partition coefficient (Wildman–Crippen LogP) is 13.4. The van der Waals surface area contributed by atoms with Crippen molar-refractivity contribution in [1.82, 2.24) is 0 Å². The minimum absolute atomic E-state index is 0.503. The van der Waals surface area contributed by atoms with E-state index in [-0.39, 0.29) is 0 Å². The van der Waals surface area contributed by atoms with Crippen LogP contribution in [0.25, 0.3) is 76.5 Å². The van der Waals surface area contributed by atoms with Crippen LogP contribution in [-0.4, -0.2) is 0 Å². The molecule has 1 aliphatic carbocycles. The lowest BCUT2D eigenvalue weighted by Crippen LogP contribution is -2.28. The zero-order valence-electron chi connectivity index (χ0n) is 28.0. The molecule has 10 aromatic rings. The third-order valence-electron chi connectivity index (χ3n) is 11.4. The Hall–Kier alpha value is -6.50. The first-order valence-corrected chi connectivity index (χ1v) is 17.8. The van der Waals surface area contributed by atoms with E-state index >= 15 is 0 Å². The highest BCUT2D eigenvalue weighted by atomic mass is 14.5. The van der Waals surface area contributed by atoms with Gasteiger partial charge >= 0.3 is 0 Å². The Bertz CT molecular complexity index is 2830. The van der Waals surface area contributed by atoms with Gasteiger partial charge in [-0.25, -0.2) is 0 Å². The van der Waals surface area contributed by atoms with E-state index in [1.54, 1.807) is 0 Å². The van der Waals surface area contributed by atoms with Crippen LogP contribution in [0.3, 0.4) is 0 Å². The first-order valence-electron chi connectivity index (χ1n) is 17.8. The Morgan fingerprint density at radius 2 is 0.824 bits per heavy atom. The summed E-state index contributed by atoms with van der Waals surface area (Å²) in [5.74, 6) is 0. The monoisotopic (exact) mass is 644 g/mol. The van der Waals surface area contributed by atoms with Crippen molar-refractivity contribution >= 4 is 43.1 Å². The molecule has 0 fully saturated rings. The second-order valence-corrected chi connectivity index (χ2v) is 14.0. The van der Waals surface area contributed by atoms with Gasteiger partial charge in [0, 0.05) is 0 Å². The van der Waals surface area contributed by atoms with Gasteiger partial charge in [0.15, 0.2) is 0 Å². The van der Waals surface area contributed by atoms with Gasteiger partial charge in [-0.15, -0.1) is 0 Å². The molecule has 10 aromatic carbocycles. The topological polar surface area (TPSA) is 0 Å². The van der Waals surface area contributed by atoms with Gasteiger partial charge in [0.25, 0.3) is 0 Å². The fourth-order valence-corrected chi connectivity index (χ4v) is 9.23. The van der Waals surface area contributed by atoms with E-state index in [9.17, 15) is 0 Å². The third kappa shape index (κ3) is 4.02. The molecule has 0 saturated heterocycles. The fraction of sp³-hybridized carbons (Fsp3) is 0.0196. The van der Waals surface area contributed by atoms with Crippen LogP contribution >= 0.6 is 0 Å². The molecule has 0 amide bonds. The molecule has 51 heavy (non-hydrogen) atoms. The Kier molecular flexibility index (Phi) is 5.97. The highest BCUT2D eigenvalue weighted by molar-refractivity contribution is 6.23. The van der Waals surface area contributed by atoms with E-state index < -0.39 is 5.41 Å². The summed E-state index contributed by atoms with van der Waals surface area (Å²) in [6.45, 7) is 0. The van der Waals surface area contributed by atoms with E-state index in [1.165, 1.54) is 98.7 Å². The van der Waals surface area contributed by atoms with Crippen molar-refractivity contribution in [2.45, 2.75) is 5.41 Å². The largest absolute Gasteiger partial charge is 0.0714 e. The van der Waals surface area contributed by atoms with Crippen LogP contribution in [0.2, 0.25) is 0 Å². The van der Waals surface area contributed by atoms with E-state index in [0.29, 0.717) is 0 Å². The molecule has 236 valence electrons. The molecule has 0 spiro atoms. The molecule has 0 radical (unpaired) electrons. The Morgan fingerprint density at radius 1 is 0.275 bits per heavy atom. The summed E-state index contributed by atoms with van der Waals surface area (Å²) in [6, 6.07) is 72.6. The average molecular weight is 645 g/mol. The number of benzene rings is 10. The number of hydrogen-bond donors (Lipinski definition) is 0. The second kappa shape index (κ2) is 10.7. The minimum Gasteiger partial charge on any atom is -0.0622 e. The van der Waals surface area contributed by atoms with Gasteiger partial charge in [-0.05, 0) is 129 Å². The van der Waals surface area contributed by atoms with Crippen LogP contribution in [0.15, 0.2) is 194 Å². The van der Waals surface area contributed by atoms with Crippen molar-refractivity contribution in [1.29, 1.82) is 0 Å². The van der Waals surface area contributed by atoms with Crippen molar-refractivity contribution in [3.8, 4) is 33.4 Å². The SMILES string of the molecule is c1ccc(-c2cccc3cc4c(cc23)C(c2ccccc2)(c2ccccc2)c2cc(-c3cc5ccc6cccc7ccc(c3)c5c67)ccc2-4)cc1. The van der Waals surface area contributed by atoms with E-state index in [4.69, 9.17) is 0 Å². The molecule has 0 heteroatoms. The molecule has 0 N–H and O–H groups in total. The third-order valence-corrected chi connectivity index (χ3v) is 11.4. The number of fused-ring (bicyclic) bond motifs is 4. The molecule has 0 nitrogen and oxygen atoms in total. The van der Waals surface area contributed by atoms with E-state index in [0.717, 1.165) is 0 Å². The van der Waals surface area contributed by atoms with Gasteiger partial charge in [-0.2, -0.15) is 0 Å². The van der Waals surface area contributed by atoms with E-state index in [1.807, 2.05) is 0 Å². The second-order valence-electron chi connectivity index (χ2n) is 14.0. The molecule has 0 unspecified atom stereocenters. The van der Waals surface area contributed by atoms with Gasteiger partial charge in [-0.3, -0.25) is 0 Å². The summed E-state index contributed by atoms with van der Waals surface area (Å²) >= 11 is 0. The van der Waals surface area contributed by atoms with Crippen LogP contribution in [-0.2, 0) is 5.41 Å². The Morgan fingerprint density at radius 3 is 1.49 bits per heavy atom. The fourth-order valence-electron chi connectivity index (χ4n) is 9.23. The van der Waals surface area contributed by atoms with Crippen molar-refractivity contribution < 1.29 is 0 Å². The van der Waals surface area contributed by atoms with Gasteiger partial charge in [0.1, 0.15) is 0 Å². The summed E-state index contributed by atoms with van der Waals surface area (Å²) < 4.78 is 0. The quantitative estimate of drug-likeness (QED) is 0.167. The van der Waals surface area contributed by atoms with E-state index in [2.05, 4.69) is 194 Å². The maximum absolute atomic E-state index is 2.50. The molecule has 0 heterocycles. The van der Waals surface area contributed by atoms with Crippen LogP contribution < -0.4 is 0 Å². The van der Waals surface area contributed by atoms with Crippen LogP contribution in [0, 0.1) is 0 Å². The van der Waals surface area contributed by atoms with Crippen molar-refractivity contribution in [3.63, 3.8) is 0 Å². The van der Waals surface area contributed by atoms with Crippen LogP contribution in [0.4, 0.5) is 0 Å². The lowest BCUT2D eigenvalue weighted by Gasteiger charge is -2.34. The normalized spacial score (nSPS) is 13.3. The van der Waals surface area contributed by atoms with Crippen molar-refractivity contribution in [2.75, 3.05) is 0 Å². The van der Waals surface area contributed by atoms with Crippen LogP contribution in [0.1, 0.15) is 22.3 Å². The van der Waals surface area contributed by atoms with Crippen molar-refractivity contribution in [2.24, 2.45) is 0 Å². The summed E-state index contributed by atoms with van der Waals surface area (Å²) in [6.07, 6.45) is 0. The van der Waals surface area contributed by atoms with Crippen LogP contribution in [0.5, 0.6) is 0 Å². The lowest BCUT2D eigenvalue weighted by atomic mass is 9.67. The summed E-state index contributed by atoms with van der Waals surface area (Å²) in [5.41, 5.74) is 12.3. The molecule has 0 atom stereocenters. The average Bonchev–Trinajstić information content (AvgIpc) is 3.49. The maximum Gasteiger partial charge on any atom is 0.0714 e. The lowest BCUT2D eigenvalue weighted by molar-refractivity contribution is 0.770. The number of hydrogen-bond acceptors (Lipinski definition) is 0. The zero-order chi connectivity index (χ0) is 33.5. The first kappa shape index (κ1) is 28.3. The molecule has 1 aliphatic rings. The van der Waals surface area contributed by atoms with Gasteiger partial charge < -0.3 is 0 Å². The predicted molar refractivity (Wildman–Crippen MR) is 216 cm³/mol. The molecular formula is C51H32. The minimum atomic E-state index is -0.503.